The number of rotatable bonds is 5. The van der Waals surface area contributed by atoms with Gasteiger partial charge >= 0.3 is 6.18 Å². The third kappa shape index (κ3) is 4.98. The number of carbonyl (C=O) groups is 2. The van der Waals surface area contributed by atoms with E-state index in [-0.39, 0.29) is 6.54 Å². The Bertz CT molecular complexity index is 1050. The molecule has 0 saturated carbocycles. The maximum atomic E-state index is 12.8. The normalized spacial score (nSPS) is 11.1. The van der Waals surface area contributed by atoms with Crippen molar-refractivity contribution < 1.29 is 22.8 Å². The number of pyridine rings is 1. The van der Waals surface area contributed by atoms with Gasteiger partial charge in [0.1, 0.15) is 0 Å². The minimum Gasteiger partial charge on any atom is -0.366 e. The highest BCUT2D eigenvalue weighted by atomic mass is 19.4. The molecule has 1 heterocycles. The first-order valence-corrected chi connectivity index (χ1v) is 8.54. The lowest BCUT2D eigenvalue weighted by molar-refractivity contribution is -0.137. The van der Waals surface area contributed by atoms with Crippen LogP contribution in [-0.4, -0.2) is 16.8 Å². The number of amides is 2. The van der Waals surface area contributed by atoms with Gasteiger partial charge in [0, 0.05) is 29.4 Å². The van der Waals surface area contributed by atoms with Crippen molar-refractivity contribution in [3.05, 3.63) is 89.1 Å². The van der Waals surface area contributed by atoms with Crippen molar-refractivity contribution in [1.29, 1.82) is 0 Å². The molecule has 0 bridgehead atoms. The molecular weight excluding hydrogens is 383 g/mol. The maximum Gasteiger partial charge on any atom is 0.416 e. The average Bonchev–Trinajstić information content (AvgIpc) is 2.72. The van der Waals surface area contributed by atoms with Gasteiger partial charge in [-0.25, -0.2) is 0 Å². The second-order valence-corrected chi connectivity index (χ2v) is 6.25. The van der Waals surface area contributed by atoms with Crippen molar-refractivity contribution in [2.24, 2.45) is 5.73 Å². The summed E-state index contributed by atoms with van der Waals surface area (Å²) in [5.74, 6) is -0.993. The standard InChI is InChI=1S/C21H16F3N3O2/c22-21(23,24)17-3-1-2-13(10-17)12-27-20(29)16-8-9-26-18(11-16)14-4-6-15(7-5-14)19(25)28/h1-11H,12H2,(H2,25,28)(H,27,29). The predicted molar refractivity (Wildman–Crippen MR) is 101 cm³/mol. The van der Waals surface area contributed by atoms with Crippen LogP contribution in [0.25, 0.3) is 11.3 Å². The van der Waals surface area contributed by atoms with E-state index < -0.39 is 23.6 Å². The molecule has 3 N–H and O–H groups in total. The fourth-order valence-electron chi connectivity index (χ4n) is 2.68. The Balaban J connectivity index is 1.72. The molecule has 0 aliphatic carbocycles. The van der Waals surface area contributed by atoms with E-state index in [1.165, 1.54) is 24.4 Å². The molecule has 2 amide bonds. The van der Waals surface area contributed by atoms with Gasteiger partial charge in [-0.1, -0.05) is 24.3 Å². The van der Waals surface area contributed by atoms with Crippen molar-refractivity contribution in [2.75, 3.05) is 0 Å². The fraction of sp³-hybridized carbons (Fsp3) is 0.0952. The Kier molecular flexibility index (Phi) is 5.63. The SMILES string of the molecule is NC(=O)c1ccc(-c2cc(C(=O)NCc3cccc(C(F)(F)F)c3)ccn2)cc1. The summed E-state index contributed by atoms with van der Waals surface area (Å²) in [5.41, 5.74) is 6.63. The number of hydrogen-bond donors (Lipinski definition) is 2. The molecule has 3 rings (SSSR count). The Hall–Kier alpha value is -3.68. The number of nitrogens with two attached hydrogens (primary N) is 1. The summed E-state index contributed by atoms with van der Waals surface area (Å²) in [6.07, 6.45) is -2.99. The molecule has 0 aliphatic rings. The molecule has 0 spiro atoms. The van der Waals surface area contributed by atoms with Crippen LogP contribution < -0.4 is 11.1 Å². The number of halogens is 3. The lowest BCUT2D eigenvalue weighted by Crippen LogP contribution is -2.23. The molecule has 0 saturated heterocycles. The smallest absolute Gasteiger partial charge is 0.366 e. The highest BCUT2D eigenvalue weighted by Gasteiger charge is 2.30. The number of alkyl halides is 3. The second-order valence-electron chi connectivity index (χ2n) is 6.25. The van der Waals surface area contributed by atoms with E-state index in [0.717, 1.165) is 12.1 Å². The molecule has 0 atom stereocenters. The predicted octanol–water partition coefficient (Wildman–Crippen LogP) is 3.80. The quantitative estimate of drug-likeness (QED) is 0.684. The molecule has 0 unspecified atom stereocenters. The number of nitrogens with one attached hydrogen (secondary N) is 1. The summed E-state index contributed by atoms with van der Waals surface area (Å²) < 4.78 is 38.4. The van der Waals surface area contributed by atoms with Crippen LogP contribution in [0.1, 0.15) is 31.8 Å². The zero-order valence-corrected chi connectivity index (χ0v) is 15.0. The molecule has 1 aromatic heterocycles. The molecule has 0 aliphatic heterocycles. The Labute approximate surface area is 164 Å². The third-order valence-electron chi connectivity index (χ3n) is 4.19. The Morgan fingerprint density at radius 2 is 1.69 bits per heavy atom. The van der Waals surface area contributed by atoms with Gasteiger partial charge in [-0.05, 0) is 42.0 Å². The Morgan fingerprint density at radius 1 is 0.966 bits per heavy atom. The number of aromatic nitrogens is 1. The molecule has 3 aromatic rings. The van der Waals surface area contributed by atoms with Crippen LogP contribution in [0.4, 0.5) is 13.2 Å². The summed E-state index contributed by atoms with van der Waals surface area (Å²) in [6, 6.07) is 14.3. The van der Waals surface area contributed by atoms with Gasteiger partial charge in [-0.2, -0.15) is 13.2 Å². The number of carbonyl (C=O) groups excluding carboxylic acids is 2. The third-order valence-corrected chi connectivity index (χ3v) is 4.19. The van der Waals surface area contributed by atoms with Gasteiger partial charge in [-0.15, -0.1) is 0 Å². The minimum absolute atomic E-state index is 0.0479. The lowest BCUT2D eigenvalue weighted by atomic mass is 10.1. The zero-order chi connectivity index (χ0) is 21.0. The van der Waals surface area contributed by atoms with Crippen molar-refractivity contribution >= 4 is 11.8 Å². The molecule has 0 radical (unpaired) electrons. The average molecular weight is 399 g/mol. The molecule has 2 aromatic carbocycles. The van der Waals surface area contributed by atoms with E-state index in [9.17, 15) is 22.8 Å². The number of nitrogens with zero attached hydrogens (tertiary/aromatic N) is 1. The maximum absolute atomic E-state index is 12.8. The number of hydrogen-bond acceptors (Lipinski definition) is 3. The first-order chi connectivity index (χ1) is 13.7. The van der Waals surface area contributed by atoms with Gasteiger partial charge in [0.05, 0.1) is 11.3 Å². The van der Waals surface area contributed by atoms with E-state index >= 15 is 0 Å². The fourth-order valence-corrected chi connectivity index (χ4v) is 2.68. The zero-order valence-electron chi connectivity index (χ0n) is 15.0. The highest BCUT2D eigenvalue weighted by Crippen LogP contribution is 2.29. The monoisotopic (exact) mass is 399 g/mol. The molecule has 8 heteroatoms. The molecule has 0 fully saturated rings. The molecule has 148 valence electrons. The van der Waals surface area contributed by atoms with E-state index in [2.05, 4.69) is 10.3 Å². The van der Waals surface area contributed by atoms with Gasteiger partial charge in [0.2, 0.25) is 5.91 Å². The van der Waals surface area contributed by atoms with E-state index in [1.807, 2.05) is 0 Å². The summed E-state index contributed by atoms with van der Waals surface area (Å²) in [7, 11) is 0. The van der Waals surface area contributed by atoms with Crippen molar-refractivity contribution in [3.63, 3.8) is 0 Å². The Morgan fingerprint density at radius 3 is 2.34 bits per heavy atom. The molecular formula is C21H16F3N3O2. The summed E-state index contributed by atoms with van der Waals surface area (Å²) >= 11 is 0. The van der Waals surface area contributed by atoms with Crippen LogP contribution in [-0.2, 0) is 12.7 Å². The highest BCUT2D eigenvalue weighted by molar-refractivity contribution is 5.95. The van der Waals surface area contributed by atoms with Crippen molar-refractivity contribution in [3.8, 4) is 11.3 Å². The van der Waals surface area contributed by atoms with Crippen LogP contribution in [0, 0.1) is 0 Å². The van der Waals surface area contributed by atoms with Gasteiger partial charge < -0.3 is 11.1 Å². The van der Waals surface area contributed by atoms with E-state index in [4.69, 9.17) is 5.73 Å². The van der Waals surface area contributed by atoms with Crippen LogP contribution >= 0.6 is 0 Å². The molecule has 29 heavy (non-hydrogen) atoms. The van der Waals surface area contributed by atoms with Gasteiger partial charge in [0.15, 0.2) is 0 Å². The lowest BCUT2D eigenvalue weighted by Gasteiger charge is -2.10. The largest absolute Gasteiger partial charge is 0.416 e. The minimum atomic E-state index is -4.44. The first-order valence-electron chi connectivity index (χ1n) is 8.54. The van der Waals surface area contributed by atoms with Gasteiger partial charge in [0.25, 0.3) is 5.91 Å². The van der Waals surface area contributed by atoms with Crippen LogP contribution in [0.3, 0.4) is 0 Å². The summed E-state index contributed by atoms with van der Waals surface area (Å²) in [4.78, 5) is 27.8. The topological polar surface area (TPSA) is 85.1 Å². The number of primary amides is 1. The van der Waals surface area contributed by atoms with Crippen LogP contribution in [0.5, 0.6) is 0 Å². The summed E-state index contributed by atoms with van der Waals surface area (Å²) in [6.45, 7) is -0.0479. The molecule has 5 nitrogen and oxygen atoms in total. The van der Waals surface area contributed by atoms with E-state index in [0.29, 0.717) is 27.9 Å². The van der Waals surface area contributed by atoms with Crippen LogP contribution in [0.15, 0.2) is 66.9 Å². The van der Waals surface area contributed by atoms with Crippen molar-refractivity contribution in [2.45, 2.75) is 12.7 Å². The van der Waals surface area contributed by atoms with E-state index in [1.54, 1.807) is 30.3 Å². The summed E-state index contributed by atoms with van der Waals surface area (Å²) in [5, 5.41) is 2.60. The first kappa shape index (κ1) is 20.1. The number of benzene rings is 2. The van der Waals surface area contributed by atoms with Crippen LogP contribution in [0.2, 0.25) is 0 Å². The second kappa shape index (κ2) is 8.14. The van der Waals surface area contributed by atoms with Crippen molar-refractivity contribution in [1.82, 2.24) is 10.3 Å². The van der Waals surface area contributed by atoms with Gasteiger partial charge in [-0.3, -0.25) is 14.6 Å².